The molecule has 2 aliphatic heterocycles. The van der Waals surface area contributed by atoms with E-state index in [1.807, 2.05) is 18.7 Å². The average molecular weight is 557 g/mol. The Hall–Kier alpha value is -2.80. The molecule has 2 N–H and O–H groups in total. The van der Waals surface area contributed by atoms with Gasteiger partial charge in [-0.25, -0.2) is 0 Å². The van der Waals surface area contributed by atoms with Gasteiger partial charge in [-0.2, -0.15) is 13.9 Å². The minimum Gasteiger partial charge on any atom is -0.481 e. The van der Waals surface area contributed by atoms with Crippen LogP contribution < -0.4 is 10.1 Å². The molecule has 2 aliphatic rings. The molecule has 0 bridgehead atoms. The van der Waals surface area contributed by atoms with Gasteiger partial charge >= 0.3 is 12.6 Å². The number of nitrogens with one attached hydrogen (secondary N) is 1. The van der Waals surface area contributed by atoms with E-state index >= 15 is 0 Å². The summed E-state index contributed by atoms with van der Waals surface area (Å²) in [5.74, 6) is -2.39. The number of aliphatic carboxylic acids is 1. The third-order valence-corrected chi connectivity index (χ3v) is 7.35. The molecule has 3 heterocycles. The van der Waals surface area contributed by atoms with Crippen molar-refractivity contribution in [3.05, 3.63) is 40.7 Å². The SMILES string of the molecule is COC[C@H](CN1CCC(C(=O)Nc2ccc(Cl)cc2OC(F)F)(n2ncc3c2C(C)(C)OC3)CC1)C(=O)O. The highest BCUT2D eigenvalue weighted by Crippen LogP contribution is 2.42. The summed E-state index contributed by atoms with van der Waals surface area (Å²) >= 11 is 5.97. The second-order valence-corrected chi connectivity index (χ2v) is 10.5. The molecule has 4 rings (SSSR count). The predicted molar refractivity (Wildman–Crippen MR) is 133 cm³/mol. The van der Waals surface area contributed by atoms with Gasteiger partial charge in [0.15, 0.2) is 5.75 Å². The molecule has 1 fully saturated rings. The van der Waals surface area contributed by atoms with E-state index in [4.69, 9.17) is 21.1 Å². The van der Waals surface area contributed by atoms with Crippen molar-refractivity contribution < 1.29 is 37.7 Å². The van der Waals surface area contributed by atoms with Crippen molar-refractivity contribution in [1.82, 2.24) is 14.7 Å². The summed E-state index contributed by atoms with van der Waals surface area (Å²) in [6, 6.07) is 4.09. The number of ether oxygens (including phenoxy) is 3. The molecule has 1 aromatic heterocycles. The first-order chi connectivity index (χ1) is 18.0. The average Bonchev–Trinajstić information content (AvgIpc) is 3.42. The number of aromatic nitrogens is 2. The molecule has 0 unspecified atom stereocenters. The number of anilines is 1. The Morgan fingerprint density at radius 2 is 2.00 bits per heavy atom. The van der Waals surface area contributed by atoms with Gasteiger partial charge in [0.05, 0.1) is 36.7 Å². The van der Waals surface area contributed by atoms with Crippen LogP contribution in [0.1, 0.15) is 37.9 Å². The fourth-order valence-electron chi connectivity index (χ4n) is 5.17. The molecule has 208 valence electrons. The quantitative estimate of drug-likeness (QED) is 0.455. The topological polar surface area (TPSA) is 115 Å². The van der Waals surface area contributed by atoms with Crippen LogP contribution in [0.15, 0.2) is 24.4 Å². The summed E-state index contributed by atoms with van der Waals surface area (Å²) < 4.78 is 43.4. The number of nitrogens with zero attached hydrogens (tertiary/aromatic N) is 3. The van der Waals surface area contributed by atoms with Crippen LogP contribution in [-0.4, -0.2) is 71.6 Å². The van der Waals surface area contributed by atoms with E-state index in [0.717, 1.165) is 11.3 Å². The summed E-state index contributed by atoms with van der Waals surface area (Å²) in [5.41, 5.74) is -0.218. The minimum absolute atomic E-state index is 0.0480. The van der Waals surface area contributed by atoms with Crippen LogP contribution >= 0.6 is 11.6 Å². The van der Waals surface area contributed by atoms with Crippen LogP contribution in [0, 0.1) is 5.92 Å². The van der Waals surface area contributed by atoms with Gasteiger partial charge in [-0.15, -0.1) is 0 Å². The van der Waals surface area contributed by atoms with Gasteiger partial charge in [0.2, 0.25) is 0 Å². The Balaban J connectivity index is 1.66. The van der Waals surface area contributed by atoms with Crippen molar-refractivity contribution >= 4 is 29.2 Å². The number of piperidine rings is 1. The number of halogens is 3. The summed E-state index contributed by atoms with van der Waals surface area (Å²) in [6.45, 7) is 2.17. The second-order valence-electron chi connectivity index (χ2n) is 10.0. The normalized spacial score (nSPS) is 19.2. The van der Waals surface area contributed by atoms with Gasteiger partial charge in [-0.1, -0.05) is 11.6 Å². The van der Waals surface area contributed by atoms with Gasteiger partial charge in [-0.05, 0) is 38.8 Å². The molecule has 13 heteroatoms. The molecule has 2 aromatic rings. The number of likely N-dealkylation sites (tertiary alicyclic amines) is 1. The van der Waals surface area contributed by atoms with E-state index in [-0.39, 0.29) is 29.6 Å². The number of fused-ring (bicyclic) bond motifs is 1. The Bertz CT molecular complexity index is 1180. The number of carbonyl (C=O) groups is 2. The smallest absolute Gasteiger partial charge is 0.387 e. The molecule has 1 aromatic carbocycles. The van der Waals surface area contributed by atoms with Gasteiger partial charge in [0.25, 0.3) is 5.91 Å². The van der Waals surface area contributed by atoms with E-state index in [9.17, 15) is 23.5 Å². The minimum atomic E-state index is -3.11. The van der Waals surface area contributed by atoms with Crippen LogP contribution in [0.25, 0.3) is 0 Å². The number of carboxylic acid groups (broad SMARTS) is 1. The van der Waals surface area contributed by atoms with Crippen LogP contribution in [0.3, 0.4) is 0 Å². The molecule has 0 saturated carbocycles. The lowest BCUT2D eigenvalue weighted by Crippen LogP contribution is -2.55. The van der Waals surface area contributed by atoms with Crippen molar-refractivity contribution in [2.75, 3.05) is 38.7 Å². The molecule has 1 atom stereocenters. The van der Waals surface area contributed by atoms with Crippen LogP contribution in [0.4, 0.5) is 14.5 Å². The van der Waals surface area contributed by atoms with Gasteiger partial charge in [0, 0.05) is 43.4 Å². The fourth-order valence-corrected chi connectivity index (χ4v) is 5.33. The number of hydrogen-bond donors (Lipinski definition) is 2. The number of carboxylic acids is 1. The third-order valence-electron chi connectivity index (χ3n) is 7.12. The van der Waals surface area contributed by atoms with Crippen molar-refractivity contribution in [1.29, 1.82) is 0 Å². The van der Waals surface area contributed by atoms with Crippen LogP contribution in [0.2, 0.25) is 5.02 Å². The Kier molecular flexibility index (Phi) is 8.26. The number of benzene rings is 1. The third kappa shape index (κ3) is 5.63. The summed E-state index contributed by atoms with van der Waals surface area (Å²) in [7, 11) is 1.45. The zero-order valence-electron chi connectivity index (χ0n) is 21.4. The predicted octanol–water partition coefficient (Wildman–Crippen LogP) is 3.68. The van der Waals surface area contributed by atoms with Crippen LogP contribution in [-0.2, 0) is 36.8 Å². The number of alkyl halides is 2. The van der Waals surface area contributed by atoms with E-state index in [0.29, 0.717) is 32.5 Å². The zero-order chi connectivity index (χ0) is 27.7. The number of rotatable bonds is 10. The first-order valence-electron chi connectivity index (χ1n) is 12.2. The van der Waals surface area contributed by atoms with Crippen LogP contribution in [0.5, 0.6) is 5.75 Å². The molecule has 0 spiro atoms. The Morgan fingerprint density at radius 3 is 2.63 bits per heavy atom. The maximum atomic E-state index is 14.0. The summed E-state index contributed by atoms with van der Waals surface area (Å²) in [6.07, 6.45) is 2.26. The highest BCUT2D eigenvalue weighted by Gasteiger charge is 2.49. The Labute approximate surface area is 223 Å². The maximum absolute atomic E-state index is 14.0. The van der Waals surface area contributed by atoms with Crippen molar-refractivity contribution in [2.45, 2.75) is 51.0 Å². The Morgan fingerprint density at radius 1 is 1.29 bits per heavy atom. The number of hydrogen-bond acceptors (Lipinski definition) is 7. The van der Waals surface area contributed by atoms with Crippen molar-refractivity contribution in [2.24, 2.45) is 5.92 Å². The van der Waals surface area contributed by atoms with Crippen molar-refractivity contribution in [3.63, 3.8) is 0 Å². The molecule has 0 aliphatic carbocycles. The highest BCUT2D eigenvalue weighted by atomic mass is 35.5. The number of amides is 1. The maximum Gasteiger partial charge on any atom is 0.387 e. The number of methoxy groups -OCH3 is 1. The fraction of sp³-hybridized carbons (Fsp3) is 0.560. The lowest BCUT2D eigenvalue weighted by atomic mass is 9.84. The number of carbonyl (C=O) groups excluding carboxylic acids is 1. The summed E-state index contributed by atoms with van der Waals surface area (Å²) in [5, 5.41) is 17.1. The highest BCUT2D eigenvalue weighted by molar-refractivity contribution is 6.30. The molecular weight excluding hydrogens is 526 g/mol. The van der Waals surface area contributed by atoms with E-state index < -0.39 is 35.5 Å². The van der Waals surface area contributed by atoms with E-state index in [1.54, 1.807) is 10.9 Å². The summed E-state index contributed by atoms with van der Waals surface area (Å²) in [4.78, 5) is 27.7. The van der Waals surface area contributed by atoms with Gasteiger partial charge in [0.1, 0.15) is 11.1 Å². The molecule has 0 radical (unpaired) electrons. The lowest BCUT2D eigenvalue weighted by molar-refractivity contribution is -0.145. The first-order valence-corrected chi connectivity index (χ1v) is 12.6. The molecule has 38 heavy (non-hydrogen) atoms. The standard InChI is InChI=1S/C25H31ClF2N4O6/c1-24(2)20-15(14-37-24)11-29-32(20)25(6-8-31(9-7-25)12-16(13-36-3)21(33)34)22(35)30-18-5-4-17(26)10-19(18)38-23(27)28/h4-5,10-11,16,23H,6-9,12-14H2,1-3H3,(H,30,35)(H,33,34)/t16-/m0/s1. The molecular formula is C25H31ClF2N4O6. The first kappa shape index (κ1) is 28.2. The second kappa shape index (κ2) is 11.1. The molecule has 1 amide bonds. The van der Waals surface area contributed by atoms with Gasteiger partial charge in [-0.3, -0.25) is 14.3 Å². The van der Waals surface area contributed by atoms with E-state index in [1.165, 1.54) is 25.3 Å². The zero-order valence-corrected chi connectivity index (χ0v) is 22.1. The van der Waals surface area contributed by atoms with Crippen molar-refractivity contribution in [3.8, 4) is 5.75 Å². The van der Waals surface area contributed by atoms with E-state index in [2.05, 4.69) is 15.2 Å². The molecule has 10 nitrogen and oxygen atoms in total. The molecule has 1 saturated heterocycles. The lowest BCUT2D eigenvalue weighted by Gasteiger charge is -2.42. The van der Waals surface area contributed by atoms with Gasteiger partial charge < -0.3 is 29.5 Å². The largest absolute Gasteiger partial charge is 0.481 e. The monoisotopic (exact) mass is 556 g/mol.